The number of benzene rings is 2. The van der Waals surface area contributed by atoms with Gasteiger partial charge in [0.1, 0.15) is 22.0 Å². The monoisotopic (exact) mass is 616 g/mol. The lowest BCUT2D eigenvalue weighted by Crippen LogP contribution is -2.66. The number of rotatable bonds is 5. The summed E-state index contributed by atoms with van der Waals surface area (Å²) in [6.45, 7) is 4.08. The smallest absolute Gasteiger partial charge is 0.286 e. The van der Waals surface area contributed by atoms with Crippen LogP contribution in [0.5, 0.6) is 0 Å². The second-order valence-electron chi connectivity index (χ2n) is 12.3. The van der Waals surface area contributed by atoms with Crippen LogP contribution in [0, 0.1) is 23.1 Å². The van der Waals surface area contributed by atoms with Crippen LogP contribution in [0.3, 0.4) is 0 Å². The van der Waals surface area contributed by atoms with Crippen LogP contribution in [-0.4, -0.2) is 50.4 Å². The van der Waals surface area contributed by atoms with Crippen molar-refractivity contribution in [2.75, 3.05) is 16.3 Å². The van der Waals surface area contributed by atoms with Crippen LogP contribution in [0.1, 0.15) is 51.5 Å². The highest BCUT2D eigenvalue weighted by Crippen LogP contribution is 2.61. The molecule has 10 nitrogen and oxygen atoms in total. The molecule has 13 heteroatoms. The second kappa shape index (κ2) is 9.53. The van der Waals surface area contributed by atoms with Crippen molar-refractivity contribution >= 4 is 43.2 Å². The zero-order valence-electron chi connectivity index (χ0n) is 23.5. The maximum Gasteiger partial charge on any atom is 0.286 e. The SMILES string of the molecule is C[C@@]12C3CCC(CC[C@]1(C)C(O)=C(C1=NS(=O)(=O)c4cc(NS(C)(=O)=O)ccc4N1)C(=O)N2Cc1ccc(F)cc1)C3. The normalized spacial score (nSPS) is 30.1. The van der Waals surface area contributed by atoms with Crippen molar-refractivity contribution in [3.63, 3.8) is 0 Å². The molecule has 2 aliphatic carbocycles. The predicted octanol–water partition coefficient (Wildman–Crippen LogP) is 4.54. The molecular formula is C29H33FN4O6S2. The summed E-state index contributed by atoms with van der Waals surface area (Å²) in [7, 11) is -8.05. The van der Waals surface area contributed by atoms with E-state index in [0.717, 1.165) is 38.0 Å². The summed E-state index contributed by atoms with van der Waals surface area (Å²) >= 11 is 0. The van der Waals surface area contributed by atoms with Crippen LogP contribution in [0.25, 0.3) is 0 Å². The summed E-state index contributed by atoms with van der Waals surface area (Å²) in [5.74, 6) is -0.878. The lowest BCUT2D eigenvalue weighted by Gasteiger charge is -2.58. The number of nitrogens with zero attached hydrogens (tertiary/aromatic N) is 2. The average molecular weight is 617 g/mol. The molecule has 0 aromatic heterocycles. The predicted molar refractivity (Wildman–Crippen MR) is 156 cm³/mol. The molecule has 2 unspecified atom stereocenters. The summed E-state index contributed by atoms with van der Waals surface area (Å²) in [6.07, 6.45) is 5.26. The Morgan fingerprint density at radius 1 is 1.14 bits per heavy atom. The van der Waals surface area contributed by atoms with E-state index < -0.39 is 42.7 Å². The third kappa shape index (κ3) is 4.48. The van der Waals surface area contributed by atoms with Crippen molar-refractivity contribution in [3.8, 4) is 0 Å². The Morgan fingerprint density at radius 2 is 1.86 bits per heavy atom. The molecule has 2 aliphatic heterocycles. The maximum atomic E-state index is 14.5. The van der Waals surface area contributed by atoms with Gasteiger partial charge in [-0.3, -0.25) is 9.52 Å². The Morgan fingerprint density at radius 3 is 2.55 bits per heavy atom. The fourth-order valence-corrected chi connectivity index (χ4v) is 9.11. The zero-order valence-corrected chi connectivity index (χ0v) is 25.1. The minimum atomic E-state index is -4.39. The van der Waals surface area contributed by atoms with Gasteiger partial charge in [0.2, 0.25) is 10.0 Å². The first-order valence-corrected chi connectivity index (χ1v) is 17.2. The van der Waals surface area contributed by atoms with E-state index in [4.69, 9.17) is 0 Å². The van der Waals surface area contributed by atoms with Crippen LogP contribution in [0.2, 0.25) is 0 Å². The van der Waals surface area contributed by atoms with E-state index in [0.29, 0.717) is 17.9 Å². The van der Waals surface area contributed by atoms with Gasteiger partial charge in [-0.25, -0.2) is 12.8 Å². The third-order valence-electron chi connectivity index (χ3n) is 9.80. The molecule has 2 bridgehead atoms. The fraction of sp³-hybridized carbons (Fsp3) is 0.448. The first kappa shape index (κ1) is 28.7. The Hall–Kier alpha value is -3.45. The molecule has 2 aromatic carbocycles. The number of nitrogens with one attached hydrogen (secondary N) is 2. The third-order valence-corrected chi connectivity index (χ3v) is 11.7. The highest BCUT2D eigenvalue weighted by molar-refractivity contribution is 7.92. The Kier molecular flexibility index (Phi) is 6.50. The average Bonchev–Trinajstić information content (AvgIpc) is 3.35. The van der Waals surface area contributed by atoms with Crippen molar-refractivity contribution in [3.05, 3.63) is 65.2 Å². The van der Waals surface area contributed by atoms with Gasteiger partial charge in [-0.2, -0.15) is 8.42 Å². The summed E-state index contributed by atoms with van der Waals surface area (Å²) in [6, 6.07) is 9.83. The summed E-state index contributed by atoms with van der Waals surface area (Å²) in [5, 5.41) is 14.9. The van der Waals surface area contributed by atoms with Gasteiger partial charge >= 0.3 is 0 Å². The lowest BCUT2D eigenvalue weighted by molar-refractivity contribution is -0.149. The van der Waals surface area contributed by atoms with Crippen molar-refractivity contribution in [1.29, 1.82) is 0 Å². The van der Waals surface area contributed by atoms with Crippen LogP contribution >= 0.6 is 0 Å². The largest absolute Gasteiger partial charge is 0.511 e. The number of anilines is 2. The second-order valence-corrected chi connectivity index (χ2v) is 15.6. The lowest BCUT2D eigenvalue weighted by atomic mass is 9.58. The van der Waals surface area contributed by atoms with Gasteiger partial charge in [-0.15, -0.1) is 4.40 Å². The molecule has 2 heterocycles. The topological polar surface area (TPSA) is 145 Å². The van der Waals surface area contributed by atoms with Gasteiger partial charge in [0.25, 0.3) is 15.9 Å². The minimum Gasteiger partial charge on any atom is -0.511 e. The van der Waals surface area contributed by atoms with Gasteiger partial charge in [-0.1, -0.05) is 25.5 Å². The summed E-state index contributed by atoms with van der Waals surface area (Å²) in [5.41, 5.74) is -1.09. The standard InChI is InChI=1S/C29H33FN4O6S2/c1-28-13-12-17-4-7-19(14-17)29(28,2)34(16-18-5-8-20(30)9-6-18)27(36)24(25(28)35)26-31-22-11-10-21(32-41(3,37)38)15-23(22)42(39,40)33-26/h5-6,8-11,15,17,19,32,35H,4,7,12-14,16H2,1-3H3,(H,31,33)/t17?,19?,28-,29-/m1/s1. The molecule has 2 fully saturated rings. The maximum absolute atomic E-state index is 14.5. The highest BCUT2D eigenvalue weighted by Gasteiger charge is 2.63. The van der Waals surface area contributed by atoms with Crippen molar-refractivity contribution in [2.45, 2.75) is 62.9 Å². The van der Waals surface area contributed by atoms with Crippen molar-refractivity contribution in [2.24, 2.45) is 21.6 Å². The van der Waals surface area contributed by atoms with E-state index >= 15 is 0 Å². The number of aliphatic hydroxyl groups is 1. The van der Waals surface area contributed by atoms with E-state index in [1.165, 1.54) is 24.3 Å². The Bertz CT molecular complexity index is 1770. The Balaban J connectivity index is 1.49. The molecule has 4 atom stereocenters. The number of halogens is 1. The number of hydrogen-bond donors (Lipinski definition) is 3. The van der Waals surface area contributed by atoms with Crippen LogP contribution in [0.4, 0.5) is 15.8 Å². The summed E-state index contributed by atoms with van der Waals surface area (Å²) < 4.78 is 70.0. The van der Waals surface area contributed by atoms with E-state index in [9.17, 15) is 31.1 Å². The van der Waals surface area contributed by atoms with Crippen LogP contribution in [-0.2, 0) is 31.4 Å². The molecule has 3 N–H and O–H groups in total. The van der Waals surface area contributed by atoms with E-state index in [-0.39, 0.29) is 45.9 Å². The fourth-order valence-electron chi connectivity index (χ4n) is 7.41. The molecule has 0 saturated heterocycles. The number of sulfonamides is 2. The van der Waals surface area contributed by atoms with Crippen LogP contribution < -0.4 is 10.0 Å². The van der Waals surface area contributed by atoms with Crippen molar-refractivity contribution < 1.29 is 31.1 Å². The molecule has 42 heavy (non-hydrogen) atoms. The number of fused-ring (bicyclic) bond motifs is 5. The number of carbonyl (C=O) groups excluding carboxylic acids is 1. The van der Waals surface area contributed by atoms with Gasteiger partial charge in [0.15, 0.2) is 5.84 Å². The van der Waals surface area contributed by atoms with Gasteiger partial charge in [0, 0.05) is 17.6 Å². The number of aliphatic hydroxyl groups excluding tert-OH is 1. The van der Waals surface area contributed by atoms with E-state index in [1.54, 1.807) is 17.0 Å². The van der Waals surface area contributed by atoms with Gasteiger partial charge in [0.05, 0.1) is 17.5 Å². The van der Waals surface area contributed by atoms with E-state index in [1.807, 2.05) is 13.8 Å². The summed E-state index contributed by atoms with van der Waals surface area (Å²) in [4.78, 5) is 15.9. The number of carbonyl (C=O) groups is 1. The molecule has 2 aromatic rings. The first-order chi connectivity index (χ1) is 19.6. The highest BCUT2D eigenvalue weighted by atomic mass is 32.2. The van der Waals surface area contributed by atoms with Crippen LogP contribution in [0.15, 0.2) is 63.1 Å². The number of amidine groups is 1. The Labute approximate surface area is 244 Å². The number of hydrogen-bond acceptors (Lipinski definition) is 7. The molecular weight excluding hydrogens is 583 g/mol. The van der Waals surface area contributed by atoms with Gasteiger partial charge < -0.3 is 15.3 Å². The molecule has 1 amide bonds. The molecule has 2 saturated carbocycles. The molecule has 0 radical (unpaired) electrons. The molecule has 4 aliphatic rings. The first-order valence-electron chi connectivity index (χ1n) is 13.9. The minimum absolute atomic E-state index is 0.0401. The quantitative estimate of drug-likeness (QED) is 0.447. The molecule has 224 valence electrons. The zero-order chi connectivity index (χ0) is 30.2. The van der Waals surface area contributed by atoms with E-state index in [2.05, 4.69) is 14.4 Å². The molecule has 6 rings (SSSR count). The number of amides is 1. The molecule has 0 spiro atoms. The van der Waals surface area contributed by atoms with Crippen molar-refractivity contribution in [1.82, 2.24) is 4.90 Å². The van der Waals surface area contributed by atoms with Gasteiger partial charge in [-0.05, 0) is 80.3 Å².